The largest absolute Gasteiger partial charge is 0.415 e. The molecule has 0 spiro atoms. The van der Waals surface area contributed by atoms with Gasteiger partial charge in [0.2, 0.25) is 5.89 Å². The predicted octanol–water partition coefficient (Wildman–Crippen LogP) is 4.37. The molecule has 0 aliphatic heterocycles. The van der Waals surface area contributed by atoms with Crippen molar-refractivity contribution in [2.75, 3.05) is 0 Å². The second kappa shape index (κ2) is 8.84. The Hall–Kier alpha value is -3.43. The highest BCUT2D eigenvalue weighted by atomic mass is 32.2. The van der Waals surface area contributed by atoms with Gasteiger partial charge in [-0.1, -0.05) is 24.3 Å². The Kier molecular flexibility index (Phi) is 6.09. The zero-order chi connectivity index (χ0) is 23.8. The van der Waals surface area contributed by atoms with Crippen LogP contribution in [0.5, 0.6) is 0 Å². The lowest BCUT2D eigenvalue weighted by molar-refractivity contribution is 0.581. The molecule has 1 atom stereocenters. The van der Waals surface area contributed by atoms with Crippen LogP contribution in [0.2, 0.25) is 0 Å². The lowest BCUT2D eigenvalue weighted by atomic mass is 10.1. The lowest BCUT2D eigenvalue weighted by Gasteiger charge is -2.09. The summed E-state index contributed by atoms with van der Waals surface area (Å²) in [6.45, 7) is 7.04. The Labute approximate surface area is 192 Å². The molecule has 0 amide bonds. The number of aromatic nitrogens is 4. The van der Waals surface area contributed by atoms with E-state index in [1.54, 1.807) is 44.3 Å². The standard InChI is InChI=1S/C24H25N5O3S/c1-14(2)33(30,31)20-10-8-17(9-11-20)21-13-26-16(4)22(27-21)24-29-28-23(32-24)19-7-5-6-18(12-19)15(3)25/h5-15H,25H2,1-4H3/t15-/m0/s1. The monoisotopic (exact) mass is 463 g/mol. The van der Waals surface area contributed by atoms with E-state index in [2.05, 4.69) is 20.2 Å². The molecule has 4 aromatic rings. The van der Waals surface area contributed by atoms with Crippen molar-refractivity contribution >= 4 is 9.84 Å². The second-order valence-corrected chi connectivity index (χ2v) is 10.6. The molecule has 4 rings (SSSR count). The van der Waals surface area contributed by atoms with Gasteiger partial charge in [-0.25, -0.2) is 13.4 Å². The van der Waals surface area contributed by atoms with Crippen LogP contribution in [0.1, 0.15) is 38.1 Å². The highest BCUT2D eigenvalue weighted by molar-refractivity contribution is 7.92. The van der Waals surface area contributed by atoms with Crippen LogP contribution in [0.15, 0.2) is 64.0 Å². The topological polar surface area (TPSA) is 125 Å². The van der Waals surface area contributed by atoms with Crippen molar-refractivity contribution in [3.8, 4) is 34.3 Å². The molecule has 0 saturated carbocycles. The fourth-order valence-corrected chi connectivity index (χ4v) is 4.33. The molecule has 9 heteroatoms. The zero-order valence-electron chi connectivity index (χ0n) is 18.9. The third kappa shape index (κ3) is 4.55. The van der Waals surface area contributed by atoms with Crippen molar-refractivity contribution in [3.63, 3.8) is 0 Å². The fraction of sp³-hybridized carbons (Fsp3) is 0.250. The lowest BCUT2D eigenvalue weighted by Crippen LogP contribution is -2.13. The summed E-state index contributed by atoms with van der Waals surface area (Å²) in [5.74, 6) is 0.615. The molecular weight excluding hydrogens is 438 g/mol. The molecule has 0 radical (unpaired) electrons. The number of nitrogens with zero attached hydrogens (tertiary/aromatic N) is 4. The van der Waals surface area contributed by atoms with Crippen LogP contribution in [0.3, 0.4) is 0 Å². The van der Waals surface area contributed by atoms with E-state index < -0.39 is 15.1 Å². The summed E-state index contributed by atoms with van der Waals surface area (Å²) in [5.41, 5.74) is 10.1. The summed E-state index contributed by atoms with van der Waals surface area (Å²) in [6.07, 6.45) is 1.63. The number of rotatable bonds is 6. The van der Waals surface area contributed by atoms with Crippen molar-refractivity contribution in [1.82, 2.24) is 20.2 Å². The smallest absolute Gasteiger partial charge is 0.268 e. The average molecular weight is 464 g/mol. The van der Waals surface area contributed by atoms with Gasteiger partial charge in [-0.05, 0) is 57.5 Å². The molecule has 0 bridgehead atoms. The molecular formula is C24H25N5O3S. The van der Waals surface area contributed by atoms with Crippen molar-refractivity contribution in [3.05, 3.63) is 66.0 Å². The van der Waals surface area contributed by atoms with Crippen LogP contribution in [0, 0.1) is 6.92 Å². The van der Waals surface area contributed by atoms with Crippen LogP contribution >= 0.6 is 0 Å². The third-order valence-corrected chi connectivity index (χ3v) is 7.51. The Morgan fingerprint density at radius 2 is 1.64 bits per heavy atom. The minimum absolute atomic E-state index is 0.112. The molecule has 0 aliphatic rings. The Bertz CT molecular complexity index is 1390. The van der Waals surface area contributed by atoms with Gasteiger partial charge >= 0.3 is 0 Å². The van der Waals surface area contributed by atoms with Gasteiger partial charge in [0, 0.05) is 17.2 Å². The average Bonchev–Trinajstić information content (AvgIpc) is 3.29. The van der Waals surface area contributed by atoms with Gasteiger partial charge < -0.3 is 10.2 Å². The molecule has 0 aliphatic carbocycles. The molecule has 2 N–H and O–H groups in total. The first-order valence-electron chi connectivity index (χ1n) is 10.5. The van der Waals surface area contributed by atoms with E-state index in [9.17, 15) is 8.42 Å². The Morgan fingerprint density at radius 1 is 0.939 bits per heavy atom. The maximum Gasteiger partial charge on any atom is 0.268 e. The van der Waals surface area contributed by atoms with Gasteiger partial charge in [0.25, 0.3) is 5.89 Å². The van der Waals surface area contributed by atoms with E-state index in [1.165, 1.54) is 0 Å². The minimum atomic E-state index is -3.34. The molecule has 2 heterocycles. The van der Waals surface area contributed by atoms with E-state index >= 15 is 0 Å². The quantitative estimate of drug-likeness (QED) is 0.447. The number of hydrogen-bond donors (Lipinski definition) is 1. The van der Waals surface area contributed by atoms with E-state index in [1.807, 2.05) is 38.1 Å². The van der Waals surface area contributed by atoms with Crippen LogP contribution in [-0.4, -0.2) is 33.8 Å². The molecule has 33 heavy (non-hydrogen) atoms. The van der Waals surface area contributed by atoms with Crippen LogP contribution < -0.4 is 5.73 Å². The summed E-state index contributed by atoms with van der Waals surface area (Å²) < 4.78 is 30.7. The maximum atomic E-state index is 12.4. The fourth-order valence-electron chi connectivity index (χ4n) is 3.27. The SMILES string of the molecule is Cc1ncc(-c2ccc(S(=O)(=O)C(C)C)cc2)nc1-c1nnc(-c2cccc([C@H](C)N)c2)o1. The predicted molar refractivity (Wildman–Crippen MR) is 126 cm³/mol. The molecule has 2 aromatic carbocycles. The van der Waals surface area contributed by atoms with Gasteiger partial charge in [-0.3, -0.25) is 4.98 Å². The van der Waals surface area contributed by atoms with Crippen LogP contribution in [0.25, 0.3) is 34.3 Å². The highest BCUT2D eigenvalue weighted by Crippen LogP contribution is 2.28. The van der Waals surface area contributed by atoms with E-state index in [0.717, 1.165) is 16.7 Å². The summed E-state index contributed by atoms with van der Waals surface area (Å²) in [5, 5.41) is 7.85. The first-order chi connectivity index (χ1) is 15.7. The van der Waals surface area contributed by atoms with Gasteiger partial charge in [-0.2, -0.15) is 0 Å². The third-order valence-electron chi connectivity index (χ3n) is 5.34. The normalized spacial score (nSPS) is 12.8. The summed E-state index contributed by atoms with van der Waals surface area (Å²) in [7, 11) is -3.34. The first-order valence-corrected chi connectivity index (χ1v) is 12.1. The number of aryl methyl sites for hydroxylation is 1. The second-order valence-electron chi connectivity index (χ2n) is 8.13. The number of nitrogens with two attached hydrogens (primary N) is 1. The summed E-state index contributed by atoms with van der Waals surface area (Å²) >= 11 is 0. The van der Waals surface area contributed by atoms with Gasteiger partial charge in [-0.15, -0.1) is 10.2 Å². The van der Waals surface area contributed by atoms with Crippen molar-refractivity contribution in [1.29, 1.82) is 0 Å². The Morgan fingerprint density at radius 3 is 2.30 bits per heavy atom. The minimum Gasteiger partial charge on any atom is -0.415 e. The number of benzene rings is 2. The first kappa shape index (κ1) is 22.8. The molecule has 8 nitrogen and oxygen atoms in total. The summed E-state index contributed by atoms with van der Waals surface area (Å²) in [6, 6.07) is 14.1. The molecule has 0 unspecified atom stereocenters. The van der Waals surface area contributed by atoms with Crippen molar-refractivity contribution in [2.24, 2.45) is 5.73 Å². The Balaban J connectivity index is 1.67. The number of sulfone groups is 1. The highest BCUT2D eigenvalue weighted by Gasteiger charge is 2.20. The van der Waals surface area contributed by atoms with E-state index in [-0.39, 0.29) is 16.8 Å². The van der Waals surface area contributed by atoms with Crippen LogP contribution in [-0.2, 0) is 9.84 Å². The van der Waals surface area contributed by atoms with Crippen LogP contribution in [0.4, 0.5) is 0 Å². The summed E-state index contributed by atoms with van der Waals surface area (Å²) in [4.78, 5) is 9.36. The van der Waals surface area contributed by atoms with Crippen molar-refractivity contribution in [2.45, 2.75) is 43.9 Å². The molecule has 0 fully saturated rings. The maximum absolute atomic E-state index is 12.4. The van der Waals surface area contributed by atoms with Gasteiger partial charge in [0.05, 0.1) is 27.7 Å². The number of hydrogen-bond acceptors (Lipinski definition) is 8. The van der Waals surface area contributed by atoms with Crippen molar-refractivity contribution < 1.29 is 12.8 Å². The molecule has 170 valence electrons. The van der Waals surface area contributed by atoms with E-state index in [0.29, 0.717) is 23.0 Å². The molecule has 0 saturated heterocycles. The van der Waals surface area contributed by atoms with E-state index in [4.69, 9.17) is 10.2 Å². The van der Waals surface area contributed by atoms with Gasteiger partial charge in [0.1, 0.15) is 5.69 Å². The molecule has 2 aromatic heterocycles. The van der Waals surface area contributed by atoms with Gasteiger partial charge in [0.15, 0.2) is 9.84 Å². The zero-order valence-corrected chi connectivity index (χ0v) is 19.7.